The second kappa shape index (κ2) is 54.0. The van der Waals surface area contributed by atoms with Crippen LogP contribution in [0, 0.1) is 0 Å². The van der Waals surface area contributed by atoms with Crippen LogP contribution in [-0.2, 0) is 18.4 Å². The van der Waals surface area contributed by atoms with Gasteiger partial charge in [0.1, 0.15) is 13.2 Å². The Morgan fingerprint density at radius 3 is 1.25 bits per heavy atom. The maximum atomic E-state index is 12.9. The first-order valence-corrected chi connectivity index (χ1v) is 32.1. The van der Waals surface area contributed by atoms with E-state index in [-0.39, 0.29) is 12.5 Å². The summed E-state index contributed by atoms with van der Waals surface area (Å²) in [4.78, 5) is 25.4. The molecule has 0 rings (SSSR count). The van der Waals surface area contributed by atoms with Gasteiger partial charge < -0.3 is 28.8 Å². The smallest absolute Gasteiger partial charge is 0.268 e. The highest BCUT2D eigenvalue weighted by molar-refractivity contribution is 7.45. The number of aliphatic hydroxyl groups is 1. The maximum Gasteiger partial charge on any atom is 0.268 e. The molecule has 0 aromatic heterocycles. The van der Waals surface area contributed by atoms with Crippen molar-refractivity contribution in [2.45, 2.75) is 296 Å². The summed E-state index contributed by atoms with van der Waals surface area (Å²) >= 11 is 0. The Bertz CT molecular complexity index is 1360. The highest BCUT2D eigenvalue weighted by atomic mass is 31.2. The van der Waals surface area contributed by atoms with Crippen molar-refractivity contribution in [2.75, 3.05) is 40.9 Å². The van der Waals surface area contributed by atoms with Crippen molar-refractivity contribution in [2.24, 2.45) is 0 Å². The molecule has 0 aromatic rings. The van der Waals surface area contributed by atoms with Crippen LogP contribution in [0.1, 0.15) is 284 Å². The van der Waals surface area contributed by atoms with E-state index < -0.39 is 26.6 Å². The molecule has 0 fully saturated rings. The number of phosphoric acid groups is 1. The average Bonchev–Trinajstić information content (AvgIpc) is 3.34. The van der Waals surface area contributed by atoms with Crippen molar-refractivity contribution < 1.29 is 32.9 Å². The summed E-state index contributed by atoms with van der Waals surface area (Å²) in [5.41, 5.74) is 0. The third kappa shape index (κ3) is 55.9. The van der Waals surface area contributed by atoms with Gasteiger partial charge in [-0.05, 0) is 70.6 Å². The van der Waals surface area contributed by atoms with E-state index in [0.717, 1.165) is 57.8 Å². The molecular weight excluding hydrogens is 912 g/mol. The van der Waals surface area contributed by atoms with E-state index in [0.29, 0.717) is 17.4 Å². The summed E-state index contributed by atoms with van der Waals surface area (Å²) < 4.78 is 23.2. The molecule has 0 saturated heterocycles. The number of hydrogen-bond donors (Lipinski definition) is 2. The molecule has 3 unspecified atom stereocenters. The minimum atomic E-state index is -4.60. The van der Waals surface area contributed by atoms with Gasteiger partial charge in [0.2, 0.25) is 5.91 Å². The number of carbonyl (C=O) groups excluding carboxylic acids is 1. The quantitative estimate of drug-likeness (QED) is 0.0272. The number of unbranched alkanes of at least 4 members (excludes halogenated alkanes) is 35. The first-order valence-electron chi connectivity index (χ1n) is 30.7. The normalized spacial score (nSPS) is 14.3. The Balaban J connectivity index is 3.85. The van der Waals surface area contributed by atoms with Crippen molar-refractivity contribution in [3.05, 3.63) is 60.8 Å². The largest absolute Gasteiger partial charge is 0.756 e. The monoisotopic (exact) mass is 1030 g/mol. The molecule has 0 aliphatic heterocycles. The Hall–Kier alpha value is -1.80. The van der Waals surface area contributed by atoms with E-state index >= 15 is 0 Å². The average molecular weight is 1030 g/mol. The number of amides is 1. The van der Waals surface area contributed by atoms with Crippen molar-refractivity contribution in [1.82, 2.24) is 5.32 Å². The first kappa shape index (κ1) is 70.2. The van der Waals surface area contributed by atoms with Crippen LogP contribution in [0.25, 0.3) is 0 Å². The molecule has 3 atom stereocenters. The standard InChI is InChI=1S/C63H119N2O6P/c1-6-8-10-12-14-16-18-19-20-21-22-23-24-25-26-27-28-29-30-31-32-33-34-35-36-37-38-39-40-41-42-43-44-45-47-49-51-53-55-57-63(67)64-61(60-71-72(68,69)70-59-58-65(3,4)5)62(66)56-54-52-50-48-46-17-15-13-11-9-7-2/h11,13,18-19,21-22,46,48,54,56,61-62,66H,6-10,12,14-17,20,23-45,47,49-53,55,57-60H2,1-5H3,(H-,64,67,68,69)/b13-11+,19-18-,22-21-,48-46+,56-54+. The van der Waals surface area contributed by atoms with Gasteiger partial charge in [0.15, 0.2) is 0 Å². The molecule has 0 aliphatic rings. The predicted octanol–water partition coefficient (Wildman–Crippen LogP) is 18.2. The minimum absolute atomic E-state index is 0.00910. The lowest BCUT2D eigenvalue weighted by molar-refractivity contribution is -0.870. The number of allylic oxidation sites excluding steroid dienone is 9. The summed E-state index contributed by atoms with van der Waals surface area (Å²) in [5.74, 6) is -0.210. The number of phosphoric ester groups is 1. The van der Waals surface area contributed by atoms with Gasteiger partial charge >= 0.3 is 0 Å². The van der Waals surface area contributed by atoms with Gasteiger partial charge in [0, 0.05) is 6.42 Å². The fourth-order valence-electron chi connectivity index (χ4n) is 8.87. The zero-order valence-electron chi connectivity index (χ0n) is 48.1. The van der Waals surface area contributed by atoms with Crippen LogP contribution < -0.4 is 10.2 Å². The summed E-state index contributed by atoms with van der Waals surface area (Å²) in [5, 5.41) is 13.8. The lowest BCUT2D eigenvalue weighted by Gasteiger charge is -2.29. The summed E-state index contributed by atoms with van der Waals surface area (Å²) in [7, 11) is 1.24. The third-order valence-corrected chi connectivity index (χ3v) is 14.6. The van der Waals surface area contributed by atoms with Crippen LogP contribution in [0.5, 0.6) is 0 Å². The Kier molecular flexibility index (Phi) is 52.7. The molecule has 0 bridgehead atoms. The van der Waals surface area contributed by atoms with E-state index in [4.69, 9.17) is 9.05 Å². The fraction of sp³-hybridized carbons (Fsp3) is 0.825. The molecule has 0 heterocycles. The van der Waals surface area contributed by atoms with Crippen molar-refractivity contribution in [3.8, 4) is 0 Å². The van der Waals surface area contributed by atoms with Crippen LogP contribution in [0.15, 0.2) is 60.8 Å². The summed E-state index contributed by atoms with van der Waals surface area (Å²) in [6.45, 7) is 4.54. The number of aliphatic hydroxyl groups excluding tert-OH is 1. The number of likely N-dealkylation sites (N-methyl/N-ethyl adjacent to an activating group) is 1. The molecule has 72 heavy (non-hydrogen) atoms. The molecule has 2 N–H and O–H groups in total. The van der Waals surface area contributed by atoms with Gasteiger partial charge in [0.05, 0.1) is 39.9 Å². The van der Waals surface area contributed by atoms with Gasteiger partial charge in [-0.2, -0.15) is 0 Å². The summed E-state index contributed by atoms with van der Waals surface area (Å²) in [6, 6.07) is -0.908. The molecule has 8 nitrogen and oxygen atoms in total. The second-order valence-corrected chi connectivity index (χ2v) is 23.4. The maximum absolute atomic E-state index is 12.9. The Labute approximate surface area is 447 Å². The Morgan fingerprint density at radius 2 is 0.847 bits per heavy atom. The van der Waals surface area contributed by atoms with Crippen LogP contribution in [0.3, 0.4) is 0 Å². The van der Waals surface area contributed by atoms with Gasteiger partial charge in [-0.3, -0.25) is 9.36 Å². The number of hydrogen-bond acceptors (Lipinski definition) is 6. The molecule has 9 heteroatoms. The zero-order chi connectivity index (χ0) is 52.7. The molecule has 422 valence electrons. The molecule has 0 aliphatic carbocycles. The van der Waals surface area contributed by atoms with Crippen molar-refractivity contribution in [1.29, 1.82) is 0 Å². The highest BCUT2D eigenvalue weighted by Crippen LogP contribution is 2.38. The minimum Gasteiger partial charge on any atom is -0.756 e. The van der Waals surface area contributed by atoms with Gasteiger partial charge in [-0.15, -0.1) is 0 Å². The van der Waals surface area contributed by atoms with E-state index in [9.17, 15) is 19.4 Å². The molecule has 0 aromatic carbocycles. The van der Waals surface area contributed by atoms with E-state index in [1.807, 2.05) is 27.2 Å². The van der Waals surface area contributed by atoms with E-state index in [2.05, 4.69) is 67.8 Å². The predicted molar refractivity (Wildman–Crippen MR) is 311 cm³/mol. The Morgan fingerprint density at radius 1 is 0.486 bits per heavy atom. The van der Waals surface area contributed by atoms with Crippen LogP contribution >= 0.6 is 7.82 Å². The molecule has 0 saturated carbocycles. The molecular formula is C63H119N2O6P. The number of carbonyl (C=O) groups is 1. The SMILES string of the molecule is CCC/C=C/CC/C=C/CC/C=C/C(O)C(COP(=O)([O-])OCC[N+](C)(C)C)NC(=O)CCCCCCCCCCCCCCCCCCCCCCCCCCCCC/C=C\C/C=C\CCCCCCC. The van der Waals surface area contributed by atoms with Gasteiger partial charge in [-0.1, -0.05) is 267 Å². The lowest BCUT2D eigenvalue weighted by Crippen LogP contribution is -2.45. The zero-order valence-corrected chi connectivity index (χ0v) is 49.0. The number of nitrogens with zero attached hydrogens (tertiary/aromatic N) is 1. The van der Waals surface area contributed by atoms with Crippen molar-refractivity contribution >= 4 is 13.7 Å². The third-order valence-electron chi connectivity index (χ3n) is 13.7. The van der Waals surface area contributed by atoms with Crippen LogP contribution in [0.2, 0.25) is 0 Å². The van der Waals surface area contributed by atoms with E-state index in [1.165, 1.54) is 205 Å². The second-order valence-electron chi connectivity index (χ2n) is 22.0. The van der Waals surface area contributed by atoms with Crippen LogP contribution in [0.4, 0.5) is 0 Å². The number of rotatable bonds is 56. The van der Waals surface area contributed by atoms with Gasteiger partial charge in [-0.25, -0.2) is 0 Å². The van der Waals surface area contributed by atoms with Crippen molar-refractivity contribution in [3.63, 3.8) is 0 Å². The topological polar surface area (TPSA) is 108 Å². The van der Waals surface area contributed by atoms with Gasteiger partial charge in [0.25, 0.3) is 7.82 Å². The number of quaternary nitrogens is 1. The molecule has 1 amide bonds. The lowest BCUT2D eigenvalue weighted by atomic mass is 10.0. The fourth-order valence-corrected chi connectivity index (χ4v) is 9.60. The van der Waals surface area contributed by atoms with Crippen LogP contribution in [-0.4, -0.2) is 68.5 Å². The molecule has 0 radical (unpaired) electrons. The van der Waals surface area contributed by atoms with E-state index in [1.54, 1.807) is 6.08 Å². The molecule has 0 spiro atoms. The summed E-state index contributed by atoms with van der Waals surface area (Å²) in [6.07, 6.45) is 73.6. The number of nitrogens with one attached hydrogen (secondary N) is 1. The first-order chi connectivity index (χ1) is 35.0. The highest BCUT2D eigenvalue weighted by Gasteiger charge is 2.23.